The van der Waals surface area contributed by atoms with E-state index < -0.39 is 0 Å². The van der Waals surface area contributed by atoms with Gasteiger partial charge in [0.05, 0.1) is 11.4 Å². The fourth-order valence-corrected chi connectivity index (χ4v) is 10.3. The zero-order valence-corrected chi connectivity index (χ0v) is 36.5. The fourth-order valence-electron chi connectivity index (χ4n) is 10.3. The molecule has 0 saturated heterocycles. The summed E-state index contributed by atoms with van der Waals surface area (Å²) < 4.78 is 0. The highest BCUT2D eigenvalue weighted by molar-refractivity contribution is 6.14. The molecule has 12 rings (SSSR count). The summed E-state index contributed by atoms with van der Waals surface area (Å²) in [4.78, 5) is 4.89. The Kier molecular flexibility index (Phi) is 9.21. The molecular formula is C63H46N2. The molecule has 0 aromatic heterocycles. The first-order valence-corrected chi connectivity index (χ1v) is 22.6. The van der Waals surface area contributed by atoms with E-state index >= 15 is 0 Å². The number of hydrogen-bond donors (Lipinski definition) is 0. The first-order chi connectivity index (χ1) is 32.0. The number of hydrogen-bond acceptors (Lipinski definition) is 2. The predicted molar refractivity (Wildman–Crippen MR) is 277 cm³/mol. The Hall–Kier alpha value is -8.20. The molecule has 0 aliphatic heterocycles. The highest BCUT2D eigenvalue weighted by Gasteiger charge is 2.37. The van der Waals surface area contributed by atoms with Gasteiger partial charge in [0.15, 0.2) is 0 Å². The van der Waals surface area contributed by atoms with Gasteiger partial charge < -0.3 is 9.80 Å². The molecule has 0 fully saturated rings. The Morgan fingerprint density at radius 3 is 1.34 bits per heavy atom. The van der Waals surface area contributed by atoms with Crippen molar-refractivity contribution < 1.29 is 0 Å². The van der Waals surface area contributed by atoms with E-state index in [1.54, 1.807) is 0 Å². The van der Waals surface area contributed by atoms with Gasteiger partial charge in [-0.3, -0.25) is 0 Å². The lowest BCUT2D eigenvalue weighted by Crippen LogP contribution is -2.18. The van der Waals surface area contributed by atoms with Gasteiger partial charge in [0.1, 0.15) is 0 Å². The van der Waals surface area contributed by atoms with E-state index in [2.05, 4.69) is 266 Å². The summed E-state index contributed by atoms with van der Waals surface area (Å²) in [5, 5.41) is 7.39. The molecule has 0 bridgehead atoms. The lowest BCUT2D eigenvalue weighted by molar-refractivity contribution is 0.660. The second-order valence-corrected chi connectivity index (χ2v) is 17.7. The van der Waals surface area contributed by atoms with Crippen molar-refractivity contribution in [2.45, 2.75) is 19.3 Å². The number of benzene rings is 11. The molecule has 308 valence electrons. The summed E-state index contributed by atoms with van der Waals surface area (Å²) in [5.41, 5.74) is 16.6. The SMILES string of the molecule is CC1(C)c2cc(N(c3ccccc3)c3cccc4ccccc34)ccc2-c2ccc(N(c3ccc(-c4ccc(-c5ccccc5)cc4)cc3)c3cc4ccccc4c4ccccc34)cc21. The van der Waals surface area contributed by atoms with Crippen LogP contribution in [0.25, 0.3) is 65.7 Å². The number of fused-ring (bicyclic) bond motifs is 7. The van der Waals surface area contributed by atoms with Crippen LogP contribution in [0.15, 0.2) is 243 Å². The summed E-state index contributed by atoms with van der Waals surface area (Å²) in [7, 11) is 0. The van der Waals surface area contributed by atoms with Crippen LogP contribution in [-0.4, -0.2) is 0 Å². The topological polar surface area (TPSA) is 6.48 Å². The van der Waals surface area contributed by atoms with Gasteiger partial charge in [0, 0.05) is 38.9 Å². The van der Waals surface area contributed by atoms with Crippen molar-refractivity contribution in [3.8, 4) is 33.4 Å². The third kappa shape index (κ3) is 6.57. The monoisotopic (exact) mass is 830 g/mol. The van der Waals surface area contributed by atoms with E-state index in [-0.39, 0.29) is 5.41 Å². The molecule has 0 amide bonds. The third-order valence-corrected chi connectivity index (χ3v) is 13.6. The highest BCUT2D eigenvalue weighted by atomic mass is 15.1. The predicted octanol–water partition coefficient (Wildman–Crippen LogP) is 17.7. The van der Waals surface area contributed by atoms with Crippen LogP contribution >= 0.6 is 0 Å². The smallest absolute Gasteiger partial charge is 0.0546 e. The van der Waals surface area contributed by atoms with Crippen LogP contribution in [0.2, 0.25) is 0 Å². The van der Waals surface area contributed by atoms with Crippen molar-refractivity contribution in [1.82, 2.24) is 0 Å². The minimum Gasteiger partial charge on any atom is -0.310 e. The van der Waals surface area contributed by atoms with Gasteiger partial charge in [-0.15, -0.1) is 0 Å². The maximum atomic E-state index is 2.47. The van der Waals surface area contributed by atoms with E-state index in [0.29, 0.717) is 0 Å². The summed E-state index contributed by atoms with van der Waals surface area (Å²) in [6.45, 7) is 4.78. The Balaban J connectivity index is 0.981. The van der Waals surface area contributed by atoms with Gasteiger partial charge in [-0.25, -0.2) is 0 Å². The molecule has 11 aromatic carbocycles. The molecule has 0 saturated carbocycles. The van der Waals surface area contributed by atoms with Crippen LogP contribution in [0.4, 0.5) is 34.1 Å². The first kappa shape index (κ1) is 38.5. The Labute approximate surface area is 380 Å². The summed E-state index contributed by atoms with van der Waals surface area (Å²) >= 11 is 0. The molecule has 1 aliphatic carbocycles. The maximum Gasteiger partial charge on any atom is 0.0546 e. The molecule has 0 radical (unpaired) electrons. The number of rotatable bonds is 8. The Morgan fingerprint density at radius 2 is 0.708 bits per heavy atom. The standard InChI is InChI=1S/C63H46N2/c1-63(2)59-41-51(64(49-21-7-4-8-22-49)61-27-15-20-47-18-9-12-24-54(47)61)36-38-56(59)57-39-37-52(42-60(57)63)65(62-40-48-19-10-11-23-53(48)55-25-13-14-26-58(55)62)50-34-32-46(33-35-50)45-30-28-44(29-31-45)43-16-5-3-6-17-43/h3-42H,1-2H3. The van der Waals surface area contributed by atoms with E-state index in [1.165, 1.54) is 82.5 Å². The molecule has 0 heterocycles. The van der Waals surface area contributed by atoms with Crippen molar-refractivity contribution in [3.05, 3.63) is 254 Å². The molecule has 0 unspecified atom stereocenters. The van der Waals surface area contributed by atoms with Gasteiger partial charge in [-0.05, 0) is 127 Å². The molecule has 1 aliphatic rings. The molecular weight excluding hydrogens is 785 g/mol. The van der Waals surface area contributed by atoms with Crippen LogP contribution in [0.1, 0.15) is 25.0 Å². The molecule has 0 atom stereocenters. The van der Waals surface area contributed by atoms with Crippen LogP contribution < -0.4 is 9.80 Å². The van der Waals surface area contributed by atoms with Crippen molar-refractivity contribution in [2.75, 3.05) is 9.80 Å². The number of nitrogens with zero attached hydrogens (tertiary/aromatic N) is 2. The van der Waals surface area contributed by atoms with E-state index in [4.69, 9.17) is 0 Å². The number of para-hydroxylation sites is 1. The second kappa shape index (κ2) is 15.6. The fraction of sp³-hybridized carbons (Fsp3) is 0.0476. The molecule has 11 aromatic rings. The van der Waals surface area contributed by atoms with Gasteiger partial charge in [0.25, 0.3) is 0 Å². The zero-order valence-electron chi connectivity index (χ0n) is 36.5. The lowest BCUT2D eigenvalue weighted by Gasteiger charge is -2.30. The minimum absolute atomic E-state index is 0.273. The average Bonchev–Trinajstić information content (AvgIpc) is 3.59. The van der Waals surface area contributed by atoms with Gasteiger partial charge in [-0.2, -0.15) is 0 Å². The molecule has 2 nitrogen and oxygen atoms in total. The molecule has 0 N–H and O–H groups in total. The van der Waals surface area contributed by atoms with Crippen LogP contribution in [0.5, 0.6) is 0 Å². The maximum absolute atomic E-state index is 2.47. The van der Waals surface area contributed by atoms with Crippen LogP contribution in [-0.2, 0) is 5.41 Å². The molecule has 0 spiro atoms. The third-order valence-electron chi connectivity index (χ3n) is 13.6. The van der Waals surface area contributed by atoms with Crippen LogP contribution in [0.3, 0.4) is 0 Å². The summed E-state index contributed by atoms with van der Waals surface area (Å²) in [6, 6.07) is 88.9. The summed E-state index contributed by atoms with van der Waals surface area (Å²) in [5.74, 6) is 0. The van der Waals surface area contributed by atoms with Gasteiger partial charge >= 0.3 is 0 Å². The second-order valence-electron chi connectivity index (χ2n) is 17.7. The Bertz CT molecular complexity index is 3550. The Morgan fingerprint density at radius 1 is 0.277 bits per heavy atom. The van der Waals surface area contributed by atoms with Crippen LogP contribution in [0, 0.1) is 0 Å². The molecule has 2 heteroatoms. The van der Waals surface area contributed by atoms with E-state index in [9.17, 15) is 0 Å². The summed E-state index contributed by atoms with van der Waals surface area (Å²) in [6.07, 6.45) is 0. The van der Waals surface area contributed by atoms with Gasteiger partial charge in [-0.1, -0.05) is 196 Å². The quantitative estimate of drug-likeness (QED) is 0.141. The highest BCUT2D eigenvalue weighted by Crippen LogP contribution is 2.53. The van der Waals surface area contributed by atoms with Crippen molar-refractivity contribution in [1.29, 1.82) is 0 Å². The van der Waals surface area contributed by atoms with Crippen molar-refractivity contribution >= 4 is 66.4 Å². The minimum atomic E-state index is -0.273. The molecule has 65 heavy (non-hydrogen) atoms. The average molecular weight is 831 g/mol. The van der Waals surface area contributed by atoms with Crippen molar-refractivity contribution in [2.24, 2.45) is 0 Å². The van der Waals surface area contributed by atoms with E-state index in [0.717, 1.165) is 28.4 Å². The van der Waals surface area contributed by atoms with E-state index in [1.807, 2.05) is 0 Å². The zero-order chi connectivity index (χ0) is 43.5. The normalized spacial score (nSPS) is 12.6. The largest absolute Gasteiger partial charge is 0.310 e. The first-order valence-electron chi connectivity index (χ1n) is 22.6. The van der Waals surface area contributed by atoms with Crippen molar-refractivity contribution in [3.63, 3.8) is 0 Å². The number of anilines is 6. The lowest BCUT2D eigenvalue weighted by atomic mass is 9.82. The van der Waals surface area contributed by atoms with Gasteiger partial charge in [0.2, 0.25) is 0 Å².